The summed E-state index contributed by atoms with van der Waals surface area (Å²) >= 11 is 1.51. The van der Waals surface area contributed by atoms with Crippen LogP contribution in [0.15, 0.2) is 89.9 Å². The average Bonchev–Trinajstić information content (AvgIpc) is 3.05. The number of hydrogen-bond acceptors (Lipinski definition) is 3. The molecule has 0 aliphatic carbocycles. The molecule has 3 aromatic carbocycles. The van der Waals surface area contributed by atoms with Crippen molar-refractivity contribution < 1.29 is 13.5 Å². The molecule has 3 nitrogen and oxygen atoms in total. The fourth-order valence-corrected chi connectivity index (χ4v) is 4.17. The van der Waals surface area contributed by atoms with E-state index in [1.165, 1.54) is 11.3 Å². The van der Waals surface area contributed by atoms with E-state index in [1.807, 2.05) is 78.2 Å². The highest BCUT2D eigenvalue weighted by Crippen LogP contribution is 2.35. The van der Waals surface area contributed by atoms with E-state index in [0.29, 0.717) is 5.56 Å². The largest absolute Gasteiger partial charge is 0.434 e. The Labute approximate surface area is 171 Å². The smallest absolute Gasteiger partial charge is 0.387 e. The molecule has 0 spiro atoms. The lowest BCUT2D eigenvalue weighted by Crippen LogP contribution is -2.14. The first-order chi connectivity index (χ1) is 14.1. The van der Waals surface area contributed by atoms with Gasteiger partial charge in [-0.05, 0) is 43.3 Å². The number of alkyl halides is 2. The number of thiazole rings is 1. The summed E-state index contributed by atoms with van der Waals surface area (Å²) in [5.74, 6) is 0.138. The van der Waals surface area contributed by atoms with E-state index < -0.39 is 6.61 Å². The zero-order valence-corrected chi connectivity index (χ0v) is 16.4. The third-order valence-electron chi connectivity index (χ3n) is 4.35. The van der Waals surface area contributed by atoms with Gasteiger partial charge in [-0.25, -0.2) is 4.99 Å². The molecule has 4 rings (SSSR count). The third-order valence-corrected chi connectivity index (χ3v) is 5.30. The number of hydrogen-bond donors (Lipinski definition) is 0. The lowest BCUT2D eigenvalue weighted by molar-refractivity contribution is -0.0494. The quantitative estimate of drug-likeness (QED) is 0.378. The highest BCUT2D eigenvalue weighted by atomic mass is 32.1. The molecule has 0 unspecified atom stereocenters. The molecule has 29 heavy (non-hydrogen) atoms. The van der Waals surface area contributed by atoms with Crippen LogP contribution >= 0.6 is 11.3 Å². The van der Waals surface area contributed by atoms with Gasteiger partial charge in [0.25, 0.3) is 0 Å². The van der Waals surface area contributed by atoms with Crippen molar-refractivity contribution in [2.75, 3.05) is 0 Å². The lowest BCUT2D eigenvalue weighted by atomic mass is 10.1. The Morgan fingerprint density at radius 1 is 0.862 bits per heavy atom. The van der Waals surface area contributed by atoms with Crippen molar-refractivity contribution in [2.24, 2.45) is 4.99 Å². The zero-order chi connectivity index (χ0) is 20.2. The standard InChI is InChI=1S/C23H18F2N2OS/c1-16-21(19-14-8-9-15-20(19)28-22(24)25)27(18-12-6-3-7-13-18)23(29-16)26-17-10-4-2-5-11-17/h2-15,22H,1H3. The summed E-state index contributed by atoms with van der Waals surface area (Å²) in [5.41, 5.74) is 3.10. The fourth-order valence-electron chi connectivity index (χ4n) is 3.16. The van der Waals surface area contributed by atoms with Gasteiger partial charge in [0.15, 0.2) is 4.80 Å². The number of halogens is 2. The van der Waals surface area contributed by atoms with E-state index in [2.05, 4.69) is 0 Å². The average molecular weight is 408 g/mol. The van der Waals surface area contributed by atoms with Gasteiger partial charge in [-0.1, -0.05) is 48.5 Å². The number of aryl methyl sites for hydroxylation is 1. The Hall–Kier alpha value is -3.25. The van der Waals surface area contributed by atoms with Gasteiger partial charge in [0.2, 0.25) is 0 Å². The minimum atomic E-state index is -2.89. The van der Waals surface area contributed by atoms with Gasteiger partial charge in [-0.3, -0.25) is 4.57 Å². The van der Waals surface area contributed by atoms with Crippen molar-refractivity contribution in [2.45, 2.75) is 13.5 Å². The SMILES string of the molecule is Cc1sc(=Nc2ccccc2)n(-c2ccccc2)c1-c1ccccc1OC(F)F. The Balaban J connectivity index is 2.01. The first kappa shape index (κ1) is 19.1. The van der Waals surface area contributed by atoms with Gasteiger partial charge in [-0.2, -0.15) is 8.78 Å². The molecule has 0 atom stereocenters. The van der Waals surface area contributed by atoms with E-state index in [0.717, 1.165) is 26.7 Å². The van der Waals surface area contributed by atoms with Gasteiger partial charge in [-0.15, -0.1) is 11.3 Å². The fraction of sp³-hybridized carbons (Fsp3) is 0.0870. The minimum Gasteiger partial charge on any atom is -0.434 e. The predicted molar refractivity (Wildman–Crippen MR) is 112 cm³/mol. The van der Waals surface area contributed by atoms with Gasteiger partial charge < -0.3 is 4.74 Å². The van der Waals surface area contributed by atoms with Crippen LogP contribution in [0.2, 0.25) is 0 Å². The number of benzene rings is 3. The molecule has 0 aliphatic heterocycles. The second-order valence-electron chi connectivity index (χ2n) is 6.28. The molecule has 0 N–H and O–H groups in total. The van der Waals surface area contributed by atoms with E-state index in [9.17, 15) is 8.78 Å². The summed E-state index contributed by atoms with van der Waals surface area (Å²) in [4.78, 5) is 6.51. The Morgan fingerprint density at radius 2 is 1.48 bits per heavy atom. The van der Waals surface area contributed by atoms with Crippen LogP contribution in [0.1, 0.15) is 4.88 Å². The number of nitrogens with zero attached hydrogens (tertiary/aromatic N) is 2. The first-order valence-electron chi connectivity index (χ1n) is 9.05. The van der Waals surface area contributed by atoms with Crippen LogP contribution in [0.3, 0.4) is 0 Å². The van der Waals surface area contributed by atoms with Crippen LogP contribution in [0.4, 0.5) is 14.5 Å². The van der Waals surface area contributed by atoms with E-state index in [4.69, 9.17) is 9.73 Å². The van der Waals surface area contributed by atoms with Gasteiger partial charge >= 0.3 is 6.61 Å². The van der Waals surface area contributed by atoms with Crippen molar-refractivity contribution in [1.29, 1.82) is 0 Å². The molecule has 0 saturated heterocycles. The van der Waals surface area contributed by atoms with Crippen molar-refractivity contribution in [3.05, 3.63) is 94.6 Å². The Bertz CT molecular complexity index is 1170. The molecule has 0 radical (unpaired) electrons. The maximum atomic E-state index is 13.0. The van der Waals surface area contributed by atoms with E-state index >= 15 is 0 Å². The molecule has 0 aliphatic rings. The lowest BCUT2D eigenvalue weighted by Gasteiger charge is -2.14. The summed E-state index contributed by atoms with van der Waals surface area (Å²) in [6.07, 6.45) is 0. The second-order valence-corrected chi connectivity index (χ2v) is 7.46. The van der Waals surface area contributed by atoms with Gasteiger partial charge in [0.05, 0.1) is 11.4 Å². The molecular formula is C23H18F2N2OS. The monoisotopic (exact) mass is 408 g/mol. The second kappa shape index (κ2) is 8.41. The molecular weight excluding hydrogens is 390 g/mol. The summed E-state index contributed by atoms with van der Waals surface area (Å²) in [6.45, 7) is -0.934. The molecule has 0 amide bonds. The summed E-state index contributed by atoms with van der Waals surface area (Å²) in [6, 6.07) is 26.2. The highest BCUT2D eigenvalue weighted by Gasteiger charge is 2.19. The molecule has 0 saturated carbocycles. The number of rotatable bonds is 5. The van der Waals surface area contributed by atoms with Crippen LogP contribution in [-0.2, 0) is 0 Å². The third kappa shape index (κ3) is 4.12. The summed E-state index contributed by atoms with van der Waals surface area (Å²) < 4.78 is 32.8. The minimum absolute atomic E-state index is 0.138. The van der Waals surface area contributed by atoms with Crippen LogP contribution < -0.4 is 9.54 Å². The van der Waals surface area contributed by atoms with Crippen molar-refractivity contribution >= 4 is 17.0 Å². The summed E-state index contributed by atoms with van der Waals surface area (Å²) in [5, 5.41) is 0. The molecule has 1 heterocycles. The molecule has 6 heteroatoms. The maximum Gasteiger partial charge on any atom is 0.387 e. The van der Waals surface area contributed by atoms with E-state index in [-0.39, 0.29) is 5.75 Å². The number of para-hydroxylation sites is 3. The van der Waals surface area contributed by atoms with Gasteiger partial charge in [0, 0.05) is 16.1 Å². The maximum absolute atomic E-state index is 13.0. The van der Waals surface area contributed by atoms with Crippen LogP contribution in [0.5, 0.6) is 5.75 Å². The molecule has 1 aromatic heterocycles. The van der Waals surface area contributed by atoms with Gasteiger partial charge in [0.1, 0.15) is 5.75 Å². The molecule has 146 valence electrons. The van der Waals surface area contributed by atoms with Crippen molar-refractivity contribution in [3.8, 4) is 22.7 Å². The number of ether oxygens (including phenoxy) is 1. The Morgan fingerprint density at radius 3 is 2.17 bits per heavy atom. The topological polar surface area (TPSA) is 26.5 Å². The highest BCUT2D eigenvalue weighted by molar-refractivity contribution is 7.09. The summed E-state index contributed by atoms with van der Waals surface area (Å²) in [7, 11) is 0. The van der Waals surface area contributed by atoms with Crippen LogP contribution in [0.25, 0.3) is 16.9 Å². The number of aromatic nitrogens is 1. The van der Waals surface area contributed by atoms with Crippen molar-refractivity contribution in [3.63, 3.8) is 0 Å². The van der Waals surface area contributed by atoms with E-state index in [1.54, 1.807) is 18.2 Å². The molecule has 0 bridgehead atoms. The molecule has 0 fully saturated rings. The Kier molecular flexibility index (Phi) is 5.53. The molecule has 4 aromatic rings. The van der Waals surface area contributed by atoms with Crippen LogP contribution in [-0.4, -0.2) is 11.2 Å². The predicted octanol–water partition coefficient (Wildman–Crippen LogP) is 6.35. The van der Waals surface area contributed by atoms with Crippen LogP contribution in [0, 0.1) is 6.92 Å². The zero-order valence-electron chi connectivity index (χ0n) is 15.6. The normalized spacial score (nSPS) is 11.8. The van der Waals surface area contributed by atoms with Crippen molar-refractivity contribution in [1.82, 2.24) is 4.57 Å². The first-order valence-corrected chi connectivity index (χ1v) is 9.87.